The number of benzene rings is 1. The van der Waals surface area contributed by atoms with E-state index in [1.54, 1.807) is 16.8 Å². The second-order valence-electron chi connectivity index (χ2n) is 7.63. The molecule has 0 bridgehead atoms. The molecule has 0 unspecified atom stereocenters. The molecule has 1 aromatic carbocycles. The highest BCUT2D eigenvalue weighted by molar-refractivity contribution is 6.02. The number of carbonyl (C=O) groups excluding carboxylic acids is 2. The third kappa shape index (κ3) is 2.51. The molecule has 1 aliphatic carbocycles. The molecule has 3 N–H and O–H groups in total. The zero-order valence-electron chi connectivity index (χ0n) is 14.5. The van der Waals surface area contributed by atoms with Gasteiger partial charge < -0.3 is 11.1 Å². The van der Waals surface area contributed by atoms with Crippen LogP contribution in [0.5, 0.6) is 0 Å². The number of fused-ring (bicyclic) bond motifs is 1. The highest BCUT2D eigenvalue weighted by Gasteiger charge is 2.42. The molecule has 1 aromatic heterocycles. The number of Topliss-reactive ketones (excluding diaryl/α,β-unsaturated/α-hetero) is 1. The number of nitrogens with two attached hydrogens (primary N) is 1. The Morgan fingerprint density at radius 3 is 2.65 bits per heavy atom. The summed E-state index contributed by atoms with van der Waals surface area (Å²) in [6.45, 7) is 4.06. The number of halogens is 1. The first kappa shape index (κ1) is 16.5. The van der Waals surface area contributed by atoms with E-state index in [9.17, 15) is 14.0 Å². The standard InChI is InChI=1S/C19H19FN4O2/c1-19(2)7-13-15(14(25)8-19)16(10-3-5-11(20)6-4-10)24-18(23-13)12(9-22-24)17(21)26/h3-6,9,16,23H,7-8H2,1-2H3,(H2,21,26)/t16-/m1/s1. The molecule has 0 spiro atoms. The van der Waals surface area contributed by atoms with Crippen molar-refractivity contribution in [1.82, 2.24) is 9.78 Å². The first-order valence-corrected chi connectivity index (χ1v) is 8.43. The van der Waals surface area contributed by atoms with Gasteiger partial charge in [-0.15, -0.1) is 0 Å². The quantitative estimate of drug-likeness (QED) is 0.868. The molecular formula is C19H19FN4O2. The van der Waals surface area contributed by atoms with Crippen LogP contribution in [0.1, 0.15) is 48.7 Å². The molecule has 4 rings (SSSR count). The maximum Gasteiger partial charge on any atom is 0.254 e. The Balaban J connectivity index is 1.94. The van der Waals surface area contributed by atoms with Crippen molar-refractivity contribution in [2.24, 2.45) is 11.1 Å². The zero-order chi connectivity index (χ0) is 18.6. The van der Waals surface area contributed by atoms with Gasteiger partial charge in [0.15, 0.2) is 5.78 Å². The Hall–Kier alpha value is -2.96. The van der Waals surface area contributed by atoms with Crippen molar-refractivity contribution in [2.45, 2.75) is 32.7 Å². The Bertz CT molecular complexity index is 956. The summed E-state index contributed by atoms with van der Waals surface area (Å²) in [5.41, 5.74) is 7.66. The minimum atomic E-state index is -0.595. The molecule has 6 nitrogen and oxygen atoms in total. The van der Waals surface area contributed by atoms with Crippen LogP contribution in [-0.4, -0.2) is 21.5 Å². The van der Waals surface area contributed by atoms with Gasteiger partial charge in [0.25, 0.3) is 5.91 Å². The summed E-state index contributed by atoms with van der Waals surface area (Å²) in [7, 11) is 0. The normalized spacial score (nSPS) is 21.0. The third-order valence-corrected chi connectivity index (χ3v) is 4.95. The highest BCUT2D eigenvalue weighted by atomic mass is 19.1. The molecule has 0 fully saturated rings. The fourth-order valence-electron chi connectivity index (χ4n) is 3.84. The molecule has 1 aliphatic heterocycles. The van der Waals surface area contributed by atoms with Crippen molar-refractivity contribution < 1.29 is 14.0 Å². The Morgan fingerprint density at radius 1 is 1.31 bits per heavy atom. The number of carbonyl (C=O) groups is 2. The number of nitrogens with zero attached hydrogens (tertiary/aromatic N) is 2. The van der Waals surface area contributed by atoms with Crippen LogP contribution in [0.4, 0.5) is 10.2 Å². The molecule has 2 heterocycles. The molecule has 2 aromatic rings. The molecule has 1 atom stereocenters. The van der Waals surface area contributed by atoms with Crippen LogP contribution < -0.4 is 11.1 Å². The second kappa shape index (κ2) is 5.52. The van der Waals surface area contributed by atoms with Crippen LogP contribution >= 0.6 is 0 Å². The number of allylic oxidation sites excluding steroid dienone is 2. The minimum absolute atomic E-state index is 0.0276. The van der Waals surface area contributed by atoms with Crippen molar-refractivity contribution in [3.05, 3.63) is 58.7 Å². The summed E-state index contributed by atoms with van der Waals surface area (Å²) in [6, 6.07) is 5.47. The van der Waals surface area contributed by atoms with E-state index in [-0.39, 0.29) is 22.6 Å². The number of rotatable bonds is 2. The van der Waals surface area contributed by atoms with Gasteiger partial charge >= 0.3 is 0 Å². The molecular weight excluding hydrogens is 335 g/mol. The van der Waals surface area contributed by atoms with E-state index in [1.807, 2.05) is 13.8 Å². The zero-order valence-corrected chi connectivity index (χ0v) is 14.5. The van der Waals surface area contributed by atoms with Crippen molar-refractivity contribution in [3.63, 3.8) is 0 Å². The fraction of sp³-hybridized carbons (Fsp3) is 0.316. The number of hydrogen-bond acceptors (Lipinski definition) is 4. The van der Waals surface area contributed by atoms with Crippen LogP contribution in [0.3, 0.4) is 0 Å². The lowest BCUT2D eigenvalue weighted by atomic mass is 9.73. The van der Waals surface area contributed by atoms with Gasteiger partial charge in [0.1, 0.15) is 23.2 Å². The molecule has 2 aliphatic rings. The van der Waals surface area contributed by atoms with E-state index < -0.39 is 11.9 Å². The predicted octanol–water partition coefficient (Wildman–Crippen LogP) is 2.78. The van der Waals surface area contributed by atoms with E-state index in [1.165, 1.54) is 18.3 Å². The lowest BCUT2D eigenvalue weighted by Crippen LogP contribution is -2.37. The average molecular weight is 354 g/mol. The topological polar surface area (TPSA) is 90.0 Å². The highest BCUT2D eigenvalue weighted by Crippen LogP contribution is 2.46. The smallest absolute Gasteiger partial charge is 0.254 e. The van der Waals surface area contributed by atoms with E-state index in [0.29, 0.717) is 24.2 Å². The summed E-state index contributed by atoms with van der Waals surface area (Å²) in [5, 5.41) is 7.50. The van der Waals surface area contributed by atoms with Gasteiger partial charge in [-0.1, -0.05) is 26.0 Å². The predicted molar refractivity (Wildman–Crippen MR) is 94.0 cm³/mol. The Labute approximate surface area is 149 Å². The van der Waals surface area contributed by atoms with Gasteiger partial charge in [0.2, 0.25) is 0 Å². The van der Waals surface area contributed by atoms with Gasteiger partial charge in [0, 0.05) is 17.7 Å². The molecule has 0 radical (unpaired) electrons. The van der Waals surface area contributed by atoms with Crippen molar-refractivity contribution in [1.29, 1.82) is 0 Å². The van der Waals surface area contributed by atoms with Gasteiger partial charge in [-0.25, -0.2) is 9.07 Å². The Kier molecular flexibility index (Phi) is 3.50. The maximum absolute atomic E-state index is 13.4. The van der Waals surface area contributed by atoms with Crippen molar-refractivity contribution in [2.75, 3.05) is 5.32 Å². The summed E-state index contributed by atoms with van der Waals surface area (Å²) >= 11 is 0. The van der Waals surface area contributed by atoms with Gasteiger partial charge in [0.05, 0.1) is 6.20 Å². The largest absolute Gasteiger partial charge is 0.365 e. The lowest BCUT2D eigenvalue weighted by molar-refractivity contribution is -0.118. The summed E-state index contributed by atoms with van der Waals surface area (Å²) in [4.78, 5) is 24.7. The van der Waals surface area contributed by atoms with Crippen molar-refractivity contribution >= 4 is 17.5 Å². The molecule has 26 heavy (non-hydrogen) atoms. The third-order valence-electron chi connectivity index (χ3n) is 4.95. The molecule has 0 saturated carbocycles. The first-order chi connectivity index (χ1) is 12.3. The fourth-order valence-corrected chi connectivity index (χ4v) is 3.84. The van der Waals surface area contributed by atoms with E-state index in [2.05, 4.69) is 10.4 Å². The van der Waals surface area contributed by atoms with Crippen LogP contribution in [0.25, 0.3) is 0 Å². The summed E-state index contributed by atoms with van der Waals surface area (Å²) in [6.07, 6.45) is 2.48. The molecule has 7 heteroatoms. The minimum Gasteiger partial charge on any atom is -0.365 e. The molecule has 1 amide bonds. The van der Waals surface area contributed by atoms with Gasteiger partial charge in [-0.2, -0.15) is 5.10 Å². The number of primary amides is 1. The van der Waals surface area contributed by atoms with Gasteiger partial charge in [-0.3, -0.25) is 9.59 Å². The van der Waals surface area contributed by atoms with Crippen LogP contribution in [0, 0.1) is 11.2 Å². The van der Waals surface area contributed by atoms with Crippen molar-refractivity contribution in [3.8, 4) is 0 Å². The van der Waals surface area contributed by atoms with E-state index in [4.69, 9.17) is 5.73 Å². The van der Waals surface area contributed by atoms with E-state index in [0.717, 1.165) is 11.3 Å². The van der Waals surface area contributed by atoms with E-state index >= 15 is 0 Å². The monoisotopic (exact) mass is 354 g/mol. The average Bonchev–Trinajstić information content (AvgIpc) is 2.96. The van der Waals surface area contributed by atoms with Crippen LogP contribution in [0.15, 0.2) is 41.7 Å². The van der Waals surface area contributed by atoms with Gasteiger partial charge in [-0.05, 0) is 29.5 Å². The molecule has 134 valence electrons. The number of amides is 1. The SMILES string of the molecule is CC1(C)CC(=O)C2=C(C1)Nc1c(C(N)=O)cnn1[C@@H]2c1ccc(F)cc1. The number of hydrogen-bond donors (Lipinski definition) is 2. The molecule has 0 saturated heterocycles. The summed E-state index contributed by atoms with van der Waals surface area (Å²) in [5.74, 6) is -0.454. The lowest BCUT2D eigenvalue weighted by Gasteiger charge is -2.39. The number of aromatic nitrogens is 2. The first-order valence-electron chi connectivity index (χ1n) is 8.43. The summed E-state index contributed by atoms with van der Waals surface area (Å²) < 4.78 is 15.0. The maximum atomic E-state index is 13.4. The van der Waals surface area contributed by atoms with Crippen LogP contribution in [0.2, 0.25) is 0 Å². The Morgan fingerprint density at radius 2 is 2.00 bits per heavy atom. The number of anilines is 1. The van der Waals surface area contributed by atoms with Crippen LogP contribution in [-0.2, 0) is 4.79 Å². The number of nitrogens with one attached hydrogen (secondary N) is 1. The number of ketones is 1. The second-order valence-corrected chi connectivity index (χ2v) is 7.63.